The Morgan fingerprint density at radius 1 is 1.21 bits per heavy atom. The quantitative estimate of drug-likeness (QED) is 0.817. The zero-order valence-corrected chi connectivity index (χ0v) is 13.5. The molecule has 2 rings (SSSR count). The first-order valence-electron chi connectivity index (χ1n) is 5.93. The van der Waals surface area contributed by atoms with E-state index in [9.17, 15) is 0 Å². The van der Waals surface area contributed by atoms with Crippen LogP contribution in [-0.4, -0.2) is 19.0 Å². The Bertz CT molecular complexity index is 469. The van der Waals surface area contributed by atoms with Crippen molar-refractivity contribution in [3.05, 3.63) is 27.7 Å². The highest BCUT2D eigenvalue weighted by Gasteiger charge is 2.18. The fraction of sp³-hybridized carbons (Fsp3) is 0.462. The molecule has 0 fully saturated rings. The molecular formula is C13H18Cl3N3. The van der Waals surface area contributed by atoms with Gasteiger partial charge in [0.1, 0.15) is 0 Å². The summed E-state index contributed by atoms with van der Waals surface area (Å²) >= 11 is 12.6. The van der Waals surface area contributed by atoms with E-state index >= 15 is 0 Å². The average Bonchev–Trinajstić information content (AvgIpc) is 2.74. The van der Waals surface area contributed by atoms with Crippen LogP contribution in [0.15, 0.2) is 17.1 Å². The van der Waals surface area contributed by atoms with E-state index in [0.29, 0.717) is 15.7 Å². The highest BCUT2D eigenvalue weighted by molar-refractivity contribution is 6.40. The fourth-order valence-electron chi connectivity index (χ4n) is 1.73. The van der Waals surface area contributed by atoms with E-state index in [2.05, 4.69) is 36.4 Å². The number of anilines is 1. The summed E-state index contributed by atoms with van der Waals surface area (Å²) in [5, 5.41) is 7.49. The molecule has 106 valence electrons. The minimum atomic E-state index is 0. The summed E-state index contributed by atoms with van der Waals surface area (Å²) in [7, 11) is 0. The van der Waals surface area contributed by atoms with E-state index in [-0.39, 0.29) is 17.8 Å². The first-order chi connectivity index (χ1) is 8.38. The summed E-state index contributed by atoms with van der Waals surface area (Å²) in [5.74, 6) is 0.724. The monoisotopic (exact) mass is 321 g/mol. The second kappa shape index (κ2) is 6.21. The Morgan fingerprint density at radius 3 is 2.21 bits per heavy atom. The van der Waals surface area contributed by atoms with E-state index < -0.39 is 0 Å². The molecule has 0 aromatic heterocycles. The van der Waals surface area contributed by atoms with Crippen LogP contribution in [0.25, 0.3) is 0 Å². The molecule has 0 radical (unpaired) electrons. The van der Waals surface area contributed by atoms with Gasteiger partial charge in [0.05, 0.1) is 22.3 Å². The van der Waals surface area contributed by atoms with Gasteiger partial charge >= 0.3 is 0 Å². The standard InChI is InChI=1S/C13H17Cl2N3.ClH/c1-13(2,3)8-6-9(14)11(10(15)7-8)18-12-16-4-5-17-12;/h6-7H,4-5H2,1-3H3,(H2,16,17,18);1H. The van der Waals surface area contributed by atoms with Crippen LogP contribution in [0.5, 0.6) is 0 Å². The molecule has 0 aliphatic carbocycles. The summed E-state index contributed by atoms with van der Waals surface area (Å²) in [4.78, 5) is 4.26. The molecule has 0 bridgehead atoms. The summed E-state index contributed by atoms with van der Waals surface area (Å²) in [5.41, 5.74) is 1.85. The minimum absolute atomic E-state index is 0. The maximum Gasteiger partial charge on any atom is 0.196 e. The Hall–Kier alpha value is -0.640. The number of hydrogen-bond donors (Lipinski definition) is 2. The zero-order valence-electron chi connectivity index (χ0n) is 11.2. The molecule has 19 heavy (non-hydrogen) atoms. The minimum Gasteiger partial charge on any atom is -0.354 e. The van der Waals surface area contributed by atoms with Crippen LogP contribution < -0.4 is 10.6 Å². The molecule has 2 N–H and O–H groups in total. The van der Waals surface area contributed by atoms with Crippen molar-refractivity contribution < 1.29 is 0 Å². The van der Waals surface area contributed by atoms with Gasteiger partial charge in [0.15, 0.2) is 5.96 Å². The lowest BCUT2D eigenvalue weighted by molar-refractivity contribution is 0.590. The molecule has 0 unspecified atom stereocenters. The number of rotatable bonds is 1. The maximum atomic E-state index is 6.29. The van der Waals surface area contributed by atoms with Gasteiger partial charge in [-0.25, -0.2) is 0 Å². The molecule has 1 aromatic rings. The fourth-order valence-corrected chi connectivity index (χ4v) is 2.31. The number of aliphatic imine (C=N–C) groups is 1. The van der Waals surface area contributed by atoms with Crippen molar-refractivity contribution in [3.63, 3.8) is 0 Å². The van der Waals surface area contributed by atoms with Crippen LogP contribution in [0.1, 0.15) is 26.3 Å². The topological polar surface area (TPSA) is 36.4 Å². The third-order valence-corrected chi connectivity index (χ3v) is 3.42. The largest absolute Gasteiger partial charge is 0.354 e. The van der Waals surface area contributed by atoms with Crippen molar-refractivity contribution in [1.82, 2.24) is 5.32 Å². The van der Waals surface area contributed by atoms with Gasteiger partial charge in [-0.15, -0.1) is 12.4 Å². The van der Waals surface area contributed by atoms with Crippen LogP contribution in [0.2, 0.25) is 10.0 Å². The van der Waals surface area contributed by atoms with Crippen LogP contribution in [0.3, 0.4) is 0 Å². The predicted molar refractivity (Wildman–Crippen MR) is 86.3 cm³/mol. The molecule has 0 amide bonds. The van der Waals surface area contributed by atoms with Crippen LogP contribution in [-0.2, 0) is 5.41 Å². The lowest BCUT2D eigenvalue weighted by Gasteiger charge is -2.21. The van der Waals surface area contributed by atoms with Gasteiger partial charge in [-0.1, -0.05) is 44.0 Å². The van der Waals surface area contributed by atoms with Gasteiger partial charge < -0.3 is 10.6 Å². The molecule has 1 aromatic carbocycles. The number of hydrogen-bond acceptors (Lipinski definition) is 3. The van der Waals surface area contributed by atoms with E-state index in [1.165, 1.54) is 0 Å². The number of nitrogens with zero attached hydrogens (tertiary/aromatic N) is 1. The van der Waals surface area contributed by atoms with E-state index in [4.69, 9.17) is 23.2 Å². The lowest BCUT2D eigenvalue weighted by Crippen LogP contribution is -2.26. The van der Waals surface area contributed by atoms with Crippen molar-refractivity contribution in [2.75, 3.05) is 18.4 Å². The van der Waals surface area contributed by atoms with E-state index in [1.807, 2.05) is 12.1 Å². The van der Waals surface area contributed by atoms with Gasteiger partial charge in [-0.2, -0.15) is 0 Å². The Morgan fingerprint density at radius 2 is 1.79 bits per heavy atom. The van der Waals surface area contributed by atoms with Crippen molar-refractivity contribution >= 4 is 47.3 Å². The molecule has 3 nitrogen and oxygen atoms in total. The smallest absolute Gasteiger partial charge is 0.196 e. The average molecular weight is 323 g/mol. The molecule has 6 heteroatoms. The molecule has 0 atom stereocenters. The van der Waals surface area contributed by atoms with Crippen LogP contribution in [0, 0.1) is 0 Å². The predicted octanol–water partition coefficient (Wildman–Crippen LogP) is 4.08. The molecule has 0 spiro atoms. The molecular weight excluding hydrogens is 305 g/mol. The summed E-state index contributed by atoms with van der Waals surface area (Å²) in [6.45, 7) is 8.01. The Labute approximate surface area is 130 Å². The lowest BCUT2D eigenvalue weighted by atomic mass is 9.87. The normalized spacial score (nSPS) is 14.5. The summed E-state index contributed by atoms with van der Waals surface area (Å²) < 4.78 is 0. The molecule has 1 heterocycles. The molecule has 1 aliphatic rings. The summed E-state index contributed by atoms with van der Waals surface area (Å²) in [6, 6.07) is 3.90. The maximum absolute atomic E-state index is 6.29. The van der Waals surface area contributed by atoms with Gasteiger partial charge in [0.2, 0.25) is 0 Å². The second-order valence-corrected chi connectivity index (χ2v) is 6.16. The van der Waals surface area contributed by atoms with Gasteiger partial charge in [0.25, 0.3) is 0 Å². The van der Waals surface area contributed by atoms with Crippen molar-refractivity contribution in [3.8, 4) is 0 Å². The third-order valence-electron chi connectivity index (χ3n) is 2.83. The number of benzene rings is 1. The van der Waals surface area contributed by atoms with Crippen LogP contribution in [0.4, 0.5) is 5.69 Å². The first-order valence-corrected chi connectivity index (χ1v) is 6.68. The molecule has 0 saturated heterocycles. The number of guanidine groups is 1. The van der Waals surface area contributed by atoms with Crippen molar-refractivity contribution in [2.45, 2.75) is 26.2 Å². The van der Waals surface area contributed by atoms with Gasteiger partial charge in [-0.05, 0) is 23.1 Å². The summed E-state index contributed by atoms with van der Waals surface area (Å²) in [6.07, 6.45) is 0. The number of halogens is 3. The SMILES string of the molecule is CC(C)(C)c1cc(Cl)c(NC2=NCCN2)c(Cl)c1.Cl. The highest BCUT2D eigenvalue weighted by Crippen LogP contribution is 2.36. The van der Waals surface area contributed by atoms with Crippen molar-refractivity contribution in [2.24, 2.45) is 4.99 Å². The molecule has 0 saturated carbocycles. The van der Waals surface area contributed by atoms with E-state index in [1.54, 1.807) is 0 Å². The van der Waals surface area contributed by atoms with Gasteiger partial charge in [-0.3, -0.25) is 4.99 Å². The van der Waals surface area contributed by atoms with Gasteiger partial charge in [0, 0.05) is 6.54 Å². The Balaban J connectivity index is 0.00000180. The second-order valence-electron chi connectivity index (χ2n) is 5.35. The van der Waals surface area contributed by atoms with Crippen LogP contribution >= 0.6 is 35.6 Å². The van der Waals surface area contributed by atoms with Crippen molar-refractivity contribution in [1.29, 1.82) is 0 Å². The first kappa shape index (κ1) is 16.4. The van der Waals surface area contributed by atoms with E-state index in [0.717, 1.165) is 24.6 Å². The Kier molecular flexibility index (Phi) is 5.36. The highest BCUT2D eigenvalue weighted by atomic mass is 35.5. The molecule has 1 aliphatic heterocycles. The zero-order chi connectivity index (χ0) is 13.3. The number of nitrogens with one attached hydrogen (secondary N) is 2. The third kappa shape index (κ3) is 3.91.